The number of hydrazone groups is 1. The van der Waals surface area contributed by atoms with Crippen LogP contribution < -0.4 is 4.74 Å². The van der Waals surface area contributed by atoms with Gasteiger partial charge in [-0.1, -0.05) is 30.3 Å². The summed E-state index contributed by atoms with van der Waals surface area (Å²) in [4.78, 5) is 24.8. The van der Waals surface area contributed by atoms with E-state index in [1.165, 1.54) is 22.4 Å². The van der Waals surface area contributed by atoms with Crippen molar-refractivity contribution >= 4 is 28.6 Å². The van der Waals surface area contributed by atoms with Gasteiger partial charge in [-0.15, -0.1) is 11.3 Å². The summed E-state index contributed by atoms with van der Waals surface area (Å²) < 4.78 is 5.44. The lowest BCUT2D eigenvalue weighted by atomic mass is 9.96. The maximum Gasteiger partial charge on any atom is 0.284 e. The van der Waals surface area contributed by atoms with Crippen LogP contribution in [0.4, 0.5) is 5.69 Å². The molecular weight excluding hydrogens is 390 g/mol. The van der Waals surface area contributed by atoms with Gasteiger partial charge >= 0.3 is 0 Å². The lowest BCUT2D eigenvalue weighted by Crippen LogP contribution is -2.26. The van der Waals surface area contributed by atoms with E-state index in [0.717, 1.165) is 5.56 Å². The molecule has 146 valence electrons. The molecule has 0 unspecified atom stereocenters. The van der Waals surface area contributed by atoms with Crippen molar-refractivity contribution in [3.63, 3.8) is 0 Å². The first-order valence-corrected chi connectivity index (χ1v) is 9.79. The van der Waals surface area contributed by atoms with Gasteiger partial charge in [0.1, 0.15) is 5.75 Å². The minimum Gasteiger partial charge on any atom is -0.496 e. The van der Waals surface area contributed by atoms with Crippen LogP contribution in [0, 0.1) is 10.1 Å². The van der Waals surface area contributed by atoms with Gasteiger partial charge < -0.3 is 4.74 Å². The topological polar surface area (TPSA) is 85.0 Å². The third kappa shape index (κ3) is 3.50. The van der Waals surface area contributed by atoms with E-state index in [0.29, 0.717) is 28.3 Å². The van der Waals surface area contributed by atoms with E-state index in [9.17, 15) is 14.9 Å². The quantitative estimate of drug-likeness (QED) is 0.455. The van der Waals surface area contributed by atoms with Gasteiger partial charge in [-0.2, -0.15) is 5.10 Å². The number of nitrogens with zero attached hydrogens (tertiary/aromatic N) is 3. The Kier molecular flexibility index (Phi) is 5.09. The second-order valence-electron chi connectivity index (χ2n) is 6.41. The molecule has 29 heavy (non-hydrogen) atoms. The van der Waals surface area contributed by atoms with Crippen LogP contribution in [-0.4, -0.2) is 28.7 Å². The molecule has 8 heteroatoms. The van der Waals surface area contributed by atoms with Crippen molar-refractivity contribution in [3.8, 4) is 5.75 Å². The summed E-state index contributed by atoms with van der Waals surface area (Å²) in [5.74, 6) is 0.353. The molecule has 0 radical (unpaired) electrons. The first kappa shape index (κ1) is 18.8. The Balaban J connectivity index is 1.81. The molecule has 1 aliphatic rings. The average Bonchev–Trinajstić information content (AvgIpc) is 3.43. The summed E-state index contributed by atoms with van der Waals surface area (Å²) in [5.41, 5.74) is 1.84. The monoisotopic (exact) mass is 407 g/mol. The van der Waals surface area contributed by atoms with Crippen LogP contribution in [0.2, 0.25) is 0 Å². The molecule has 0 aliphatic carbocycles. The van der Waals surface area contributed by atoms with Crippen molar-refractivity contribution in [2.75, 3.05) is 7.11 Å². The van der Waals surface area contributed by atoms with Crippen molar-refractivity contribution < 1.29 is 14.5 Å². The normalized spacial score (nSPS) is 15.8. The number of benzene rings is 2. The molecule has 1 amide bonds. The van der Waals surface area contributed by atoms with Crippen molar-refractivity contribution in [2.24, 2.45) is 5.10 Å². The van der Waals surface area contributed by atoms with E-state index in [2.05, 4.69) is 5.10 Å². The number of amides is 1. The molecule has 0 bridgehead atoms. The number of nitro benzene ring substituents is 1. The summed E-state index contributed by atoms with van der Waals surface area (Å²) in [6.45, 7) is 0. The Morgan fingerprint density at radius 1 is 1.17 bits per heavy atom. The summed E-state index contributed by atoms with van der Waals surface area (Å²) in [6, 6.07) is 16.8. The fraction of sp³-hybridized carbons (Fsp3) is 0.143. The van der Waals surface area contributed by atoms with Crippen molar-refractivity contribution in [1.29, 1.82) is 0 Å². The molecule has 0 fully saturated rings. The van der Waals surface area contributed by atoms with E-state index in [1.807, 2.05) is 29.6 Å². The number of nitro groups is 1. The average molecular weight is 407 g/mol. The molecular formula is C21H17N3O4S. The fourth-order valence-electron chi connectivity index (χ4n) is 3.43. The van der Waals surface area contributed by atoms with Gasteiger partial charge in [-0.05, 0) is 29.6 Å². The van der Waals surface area contributed by atoms with Crippen molar-refractivity contribution in [2.45, 2.75) is 12.5 Å². The molecule has 2 heterocycles. The van der Waals surface area contributed by atoms with Crippen molar-refractivity contribution in [3.05, 3.63) is 92.2 Å². The number of hydrogen-bond acceptors (Lipinski definition) is 6. The smallest absolute Gasteiger partial charge is 0.284 e. The molecule has 0 saturated heterocycles. The minimum atomic E-state index is -0.578. The van der Waals surface area contributed by atoms with Crippen LogP contribution >= 0.6 is 11.3 Å². The predicted octanol–water partition coefficient (Wildman–Crippen LogP) is 4.66. The largest absolute Gasteiger partial charge is 0.496 e. The van der Waals surface area contributed by atoms with E-state index >= 15 is 0 Å². The zero-order valence-electron chi connectivity index (χ0n) is 15.5. The number of para-hydroxylation sites is 2. The predicted molar refractivity (Wildman–Crippen MR) is 110 cm³/mol. The highest BCUT2D eigenvalue weighted by atomic mass is 32.1. The van der Waals surface area contributed by atoms with Gasteiger partial charge in [0, 0.05) is 18.1 Å². The molecule has 0 saturated carbocycles. The van der Waals surface area contributed by atoms with Gasteiger partial charge in [-0.25, -0.2) is 5.01 Å². The van der Waals surface area contributed by atoms with Crippen LogP contribution in [0.1, 0.15) is 33.3 Å². The molecule has 7 nitrogen and oxygen atoms in total. The summed E-state index contributed by atoms with van der Waals surface area (Å²) >= 11 is 1.31. The number of hydrogen-bond donors (Lipinski definition) is 0. The third-order valence-electron chi connectivity index (χ3n) is 4.76. The van der Waals surface area contributed by atoms with Crippen LogP contribution in [0.3, 0.4) is 0 Å². The molecule has 4 rings (SSSR count). The summed E-state index contributed by atoms with van der Waals surface area (Å²) in [7, 11) is 1.57. The molecule has 1 atom stereocenters. The Morgan fingerprint density at radius 3 is 2.66 bits per heavy atom. The van der Waals surface area contributed by atoms with E-state index < -0.39 is 11.0 Å². The zero-order valence-corrected chi connectivity index (χ0v) is 16.3. The second kappa shape index (κ2) is 7.84. The minimum absolute atomic E-state index is 0.0297. The molecule has 1 aromatic heterocycles. The molecule has 0 spiro atoms. The van der Waals surface area contributed by atoms with E-state index in [4.69, 9.17) is 4.74 Å². The summed E-state index contributed by atoms with van der Waals surface area (Å²) in [5, 5.41) is 19.3. The van der Waals surface area contributed by atoms with Crippen LogP contribution in [0.5, 0.6) is 5.75 Å². The Morgan fingerprint density at radius 2 is 1.93 bits per heavy atom. The van der Waals surface area contributed by atoms with E-state index in [1.54, 1.807) is 37.4 Å². The summed E-state index contributed by atoms with van der Waals surface area (Å²) in [6.07, 6.45) is 0.350. The second-order valence-corrected chi connectivity index (χ2v) is 7.36. The molecule has 2 aromatic carbocycles. The van der Waals surface area contributed by atoms with Gasteiger partial charge in [0.25, 0.3) is 11.6 Å². The number of carbonyl (C=O) groups excluding carboxylic acids is 1. The number of methoxy groups -OCH3 is 1. The highest BCUT2D eigenvalue weighted by molar-refractivity contribution is 7.12. The maximum absolute atomic E-state index is 13.1. The maximum atomic E-state index is 13.1. The highest BCUT2D eigenvalue weighted by Crippen LogP contribution is 2.39. The standard InChI is InChI=1S/C21H17N3O4S/c1-28-19-10-5-3-7-14(19)16-13-18(15-8-2-4-9-17(15)24(26)27)23(22-16)21(25)20-11-6-12-29-20/h2-12,18H,13H2,1H3/t18-/m1/s1. The number of ether oxygens (including phenoxy) is 1. The zero-order chi connectivity index (χ0) is 20.4. The third-order valence-corrected chi connectivity index (χ3v) is 5.62. The highest BCUT2D eigenvalue weighted by Gasteiger charge is 2.37. The Labute approximate surface area is 171 Å². The van der Waals surface area contributed by atoms with Gasteiger partial charge in [0.2, 0.25) is 0 Å². The van der Waals surface area contributed by atoms with Gasteiger partial charge in [0.15, 0.2) is 0 Å². The van der Waals surface area contributed by atoms with E-state index in [-0.39, 0.29) is 11.6 Å². The fourth-order valence-corrected chi connectivity index (χ4v) is 4.09. The van der Waals surface area contributed by atoms with Crippen LogP contribution in [0.15, 0.2) is 71.1 Å². The van der Waals surface area contributed by atoms with Gasteiger partial charge in [0.05, 0.1) is 34.2 Å². The van der Waals surface area contributed by atoms with Crippen LogP contribution in [-0.2, 0) is 0 Å². The molecule has 3 aromatic rings. The number of thiophene rings is 1. The van der Waals surface area contributed by atoms with Gasteiger partial charge in [-0.3, -0.25) is 14.9 Å². The molecule has 1 aliphatic heterocycles. The SMILES string of the molecule is COc1ccccc1C1=NN(C(=O)c2cccs2)[C@@H](c2ccccc2[N+](=O)[O-])C1. The number of rotatable bonds is 5. The Hall–Kier alpha value is -3.52. The first-order chi connectivity index (χ1) is 14.1. The first-order valence-electron chi connectivity index (χ1n) is 8.91. The number of carbonyl (C=O) groups is 1. The lowest BCUT2D eigenvalue weighted by Gasteiger charge is -2.21. The van der Waals surface area contributed by atoms with Crippen LogP contribution in [0.25, 0.3) is 0 Å². The van der Waals surface area contributed by atoms with Crippen molar-refractivity contribution in [1.82, 2.24) is 5.01 Å². The Bertz CT molecular complexity index is 1090. The lowest BCUT2D eigenvalue weighted by molar-refractivity contribution is -0.385. The molecule has 0 N–H and O–H groups in total.